The van der Waals surface area contributed by atoms with Gasteiger partial charge in [-0.15, -0.1) is 0 Å². The minimum Gasteiger partial charge on any atom is -0.490 e. The number of hydrogen-bond donors (Lipinski definition) is 0. The van der Waals surface area contributed by atoms with Gasteiger partial charge in [0.25, 0.3) is 0 Å². The largest absolute Gasteiger partial charge is 0.490 e. The third-order valence-electron chi connectivity index (χ3n) is 3.40. The second kappa shape index (κ2) is 9.18. The lowest BCUT2D eigenvalue weighted by Gasteiger charge is -2.14. The molecular formula is C19H21ClO4. The third-order valence-corrected chi connectivity index (χ3v) is 3.68. The lowest BCUT2D eigenvalue weighted by atomic mass is 10.2. The smallest absolute Gasteiger partial charge is 0.179 e. The van der Waals surface area contributed by atoms with Crippen LogP contribution in [0.25, 0.3) is 0 Å². The van der Waals surface area contributed by atoms with Gasteiger partial charge in [0.15, 0.2) is 11.5 Å². The molecule has 0 aliphatic rings. The van der Waals surface area contributed by atoms with Crippen LogP contribution in [-0.4, -0.2) is 26.1 Å². The van der Waals surface area contributed by atoms with Crippen LogP contribution in [0.1, 0.15) is 29.8 Å². The Morgan fingerprint density at radius 2 is 1.71 bits per heavy atom. The van der Waals surface area contributed by atoms with Gasteiger partial charge in [-0.25, -0.2) is 0 Å². The van der Waals surface area contributed by atoms with Crippen molar-refractivity contribution in [2.45, 2.75) is 20.3 Å². The maximum absolute atomic E-state index is 10.9. The highest BCUT2D eigenvalue weighted by molar-refractivity contribution is 6.32. The van der Waals surface area contributed by atoms with E-state index in [1.165, 1.54) is 5.56 Å². The molecule has 0 unspecified atom stereocenters. The first-order chi connectivity index (χ1) is 11.7. The van der Waals surface area contributed by atoms with Crippen LogP contribution in [0.3, 0.4) is 0 Å². The van der Waals surface area contributed by atoms with Crippen molar-refractivity contribution in [1.82, 2.24) is 0 Å². The Bertz CT molecular complexity index is 668. The second-order valence-electron chi connectivity index (χ2n) is 5.08. The standard InChI is InChI=1S/C19H21ClO4/c1-3-14-5-7-16(8-6-14)23-9-10-24-19-17(20)11-15(13-21)12-18(19)22-4-2/h5-8,11-13H,3-4,9-10H2,1-2H3. The normalized spacial score (nSPS) is 10.3. The van der Waals surface area contributed by atoms with Crippen molar-refractivity contribution in [2.75, 3.05) is 19.8 Å². The molecule has 0 atom stereocenters. The van der Waals surface area contributed by atoms with E-state index in [9.17, 15) is 4.79 Å². The molecule has 5 heteroatoms. The van der Waals surface area contributed by atoms with E-state index < -0.39 is 0 Å². The van der Waals surface area contributed by atoms with Gasteiger partial charge in [0.05, 0.1) is 11.6 Å². The predicted molar refractivity (Wildman–Crippen MR) is 94.8 cm³/mol. The van der Waals surface area contributed by atoms with Crippen molar-refractivity contribution in [3.05, 3.63) is 52.5 Å². The van der Waals surface area contributed by atoms with Gasteiger partial charge in [-0.1, -0.05) is 30.7 Å². The number of ether oxygens (including phenoxy) is 3. The van der Waals surface area contributed by atoms with Crippen LogP contribution in [0.4, 0.5) is 0 Å². The van der Waals surface area contributed by atoms with E-state index in [2.05, 4.69) is 6.92 Å². The van der Waals surface area contributed by atoms with Gasteiger partial charge in [0, 0.05) is 5.56 Å². The number of hydrogen-bond acceptors (Lipinski definition) is 4. The summed E-state index contributed by atoms with van der Waals surface area (Å²) in [6.45, 7) is 5.11. The molecule has 2 aromatic rings. The molecule has 0 aliphatic carbocycles. The van der Waals surface area contributed by atoms with Gasteiger partial charge in [0.2, 0.25) is 0 Å². The number of carbonyl (C=O) groups is 1. The minimum absolute atomic E-state index is 0.315. The third kappa shape index (κ3) is 4.90. The van der Waals surface area contributed by atoms with Crippen LogP contribution in [0.15, 0.2) is 36.4 Å². The summed E-state index contributed by atoms with van der Waals surface area (Å²) in [6.07, 6.45) is 1.72. The van der Waals surface area contributed by atoms with Crippen molar-refractivity contribution in [3.8, 4) is 17.2 Å². The number of aldehydes is 1. The van der Waals surface area contributed by atoms with Crippen LogP contribution in [0.5, 0.6) is 17.2 Å². The van der Waals surface area contributed by atoms with E-state index in [4.69, 9.17) is 25.8 Å². The van der Waals surface area contributed by atoms with E-state index in [1.807, 2.05) is 31.2 Å². The molecule has 0 aromatic heterocycles. The van der Waals surface area contributed by atoms with Gasteiger partial charge >= 0.3 is 0 Å². The van der Waals surface area contributed by atoms with Crippen LogP contribution in [-0.2, 0) is 6.42 Å². The molecule has 0 saturated heterocycles. The summed E-state index contributed by atoms with van der Waals surface area (Å²) in [5.41, 5.74) is 1.71. The van der Waals surface area contributed by atoms with Gasteiger partial charge < -0.3 is 14.2 Å². The summed E-state index contributed by atoms with van der Waals surface area (Å²) in [5.74, 6) is 1.68. The first-order valence-electron chi connectivity index (χ1n) is 7.94. The number of rotatable bonds is 9. The van der Waals surface area contributed by atoms with Crippen molar-refractivity contribution >= 4 is 17.9 Å². The van der Waals surface area contributed by atoms with Crippen LogP contribution in [0, 0.1) is 0 Å². The van der Waals surface area contributed by atoms with E-state index in [1.54, 1.807) is 12.1 Å². The van der Waals surface area contributed by atoms with Crippen LogP contribution in [0.2, 0.25) is 5.02 Å². The summed E-state index contributed by atoms with van der Waals surface area (Å²) in [5, 5.41) is 0.343. The lowest BCUT2D eigenvalue weighted by Crippen LogP contribution is -2.10. The number of carbonyl (C=O) groups excluding carboxylic acids is 1. The number of aryl methyl sites for hydroxylation is 1. The summed E-state index contributed by atoms with van der Waals surface area (Å²) in [4.78, 5) is 10.9. The Hall–Kier alpha value is -2.20. The number of benzene rings is 2. The molecular weight excluding hydrogens is 328 g/mol. The van der Waals surface area contributed by atoms with Crippen molar-refractivity contribution in [3.63, 3.8) is 0 Å². The first-order valence-corrected chi connectivity index (χ1v) is 8.31. The average molecular weight is 349 g/mol. The molecule has 0 radical (unpaired) electrons. The fourth-order valence-corrected chi connectivity index (χ4v) is 2.46. The molecule has 0 fully saturated rings. The summed E-state index contributed by atoms with van der Waals surface area (Å²) in [7, 11) is 0. The Kier molecular flexibility index (Phi) is 6.94. The lowest BCUT2D eigenvalue weighted by molar-refractivity contribution is 0.112. The van der Waals surface area contributed by atoms with Crippen LogP contribution >= 0.6 is 11.6 Å². The van der Waals surface area contributed by atoms with E-state index >= 15 is 0 Å². The molecule has 0 N–H and O–H groups in total. The fraction of sp³-hybridized carbons (Fsp3) is 0.316. The van der Waals surface area contributed by atoms with E-state index in [0.717, 1.165) is 18.5 Å². The summed E-state index contributed by atoms with van der Waals surface area (Å²) in [6, 6.07) is 11.1. The summed E-state index contributed by atoms with van der Waals surface area (Å²) >= 11 is 6.17. The Morgan fingerprint density at radius 1 is 1.00 bits per heavy atom. The molecule has 0 bridgehead atoms. The van der Waals surface area contributed by atoms with E-state index in [-0.39, 0.29) is 0 Å². The SMILES string of the molecule is CCOc1cc(C=O)cc(Cl)c1OCCOc1ccc(CC)cc1. The molecule has 2 aromatic carbocycles. The van der Waals surface area contributed by atoms with Crippen molar-refractivity contribution in [1.29, 1.82) is 0 Å². The molecule has 128 valence electrons. The van der Waals surface area contributed by atoms with Crippen molar-refractivity contribution in [2.24, 2.45) is 0 Å². The minimum atomic E-state index is 0.315. The second-order valence-corrected chi connectivity index (χ2v) is 5.48. The number of halogens is 1. The first kappa shape index (κ1) is 18.1. The molecule has 0 spiro atoms. The highest BCUT2D eigenvalue weighted by atomic mass is 35.5. The summed E-state index contributed by atoms with van der Waals surface area (Å²) < 4.78 is 16.8. The zero-order valence-electron chi connectivity index (χ0n) is 13.9. The van der Waals surface area contributed by atoms with Gasteiger partial charge in [-0.05, 0) is 43.2 Å². The molecule has 0 aliphatic heterocycles. The molecule has 0 heterocycles. The zero-order chi connectivity index (χ0) is 17.4. The zero-order valence-corrected chi connectivity index (χ0v) is 14.6. The topological polar surface area (TPSA) is 44.8 Å². The molecule has 0 amide bonds. The maximum Gasteiger partial charge on any atom is 0.179 e. The Balaban J connectivity index is 1.94. The maximum atomic E-state index is 10.9. The van der Waals surface area contributed by atoms with Crippen LogP contribution < -0.4 is 14.2 Å². The fourth-order valence-electron chi connectivity index (χ4n) is 2.18. The quantitative estimate of drug-likeness (QED) is 0.492. The van der Waals surface area contributed by atoms with Gasteiger partial charge in [-0.3, -0.25) is 4.79 Å². The average Bonchev–Trinajstić information content (AvgIpc) is 2.60. The molecule has 0 saturated carbocycles. The Morgan fingerprint density at radius 3 is 2.33 bits per heavy atom. The predicted octanol–water partition coefficient (Wildman–Crippen LogP) is 4.57. The molecule has 4 nitrogen and oxygen atoms in total. The van der Waals surface area contributed by atoms with E-state index in [0.29, 0.717) is 41.9 Å². The highest BCUT2D eigenvalue weighted by Gasteiger charge is 2.12. The highest BCUT2D eigenvalue weighted by Crippen LogP contribution is 2.36. The Labute approximate surface area is 147 Å². The molecule has 2 rings (SSSR count). The monoisotopic (exact) mass is 348 g/mol. The molecule has 24 heavy (non-hydrogen) atoms. The van der Waals surface area contributed by atoms with Gasteiger partial charge in [0.1, 0.15) is 25.2 Å². The van der Waals surface area contributed by atoms with Crippen molar-refractivity contribution < 1.29 is 19.0 Å². The van der Waals surface area contributed by atoms with Gasteiger partial charge in [-0.2, -0.15) is 0 Å².